The molecule has 12 heavy (non-hydrogen) atoms. The van der Waals surface area contributed by atoms with Gasteiger partial charge in [-0.25, -0.2) is 0 Å². The Morgan fingerprint density at radius 2 is 1.75 bits per heavy atom. The quantitative estimate of drug-likeness (QED) is 0.588. The van der Waals surface area contributed by atoms with Gasteiger partial charge in [0.15, 0.2) is 12.3 Å². The van der Waals surface area contributed by atoms with Crippen molar-refractivity contribution in [2.45, 2.75) is 20.8 Å². The van der Waals surface area contributed by atoms with Crippen molar-refractivity contribution in [2.24, 2.45) is 5.41 Å². The van der Waals surface area contributed by atoms with Gasteiger partial charge in [-0.1, -0.05) is 25.3 Å². The average Bonchev–Trinajstić information content (AvgIpc) is 1.91. The first kappa shape index (κ1) is 10.1. The van der Waals surface area contributed by atoms with Gasteiger partial charge in [0, 0.05) is 19.6 Å². The zero-order chi connectivity index (χ0) is 9.19. The Morgan fingerprint density at radius 1 is 1.25 bits per heavy atom. The van der Waals surface area contributed by atoms with Crippen molar-refractivity contribution in [3.63, 3.8) is 0 Å². The molecular formula is C9H19NOP+. The Hall–Kier alpha value is 0.0600. The lowest BCUT2D eigenvalue weighted by Gasteiger charge is -2.29. The van der Waals surface area contributed by atoms with Crippen LogP contribution in [0.1, 0.15) is 20.8 Å². The molecule has 1 saturated heterocycles. The van der Waals surface area contributed by atoms with Gasteiger partial charge in [-0.15, -0.1) is 0 Å². The van der Waals surface area contributed by atoms with Gasteiger partial charge in [0.2, 0.25) is 0 Å². The second-order valence-corrected chi connectivity index (χ2v) is 6.62. The van der Waals surface area contributed by atoms with Crippen LogP contribution in [0.4, 0.5) is 0 Å². The third-order valence-corrected chi connectivity index (χ3v) is 3.43. The minimum Gasteiger partial charge on any atom is -0.294 e. The first-order valence-corrected chi connectivity index (χ1v) is 6.25. The Labute approximate surface area is 76.1 Å². The molecule has 0 aromatic carbocycles. The SMILES string of the molecule is CC(C)(C)CN1CC[P+](=O)CC1. The van der Waals surface area contributed by atoms with Crippen molar-refractivity contribution in [3.05, 3.63) is 0 Å². The van der Waals surface area contributed by atoms with Crippen molar-refractivity contribution in [1.29, 1.82) is 0 Å². The molecule has 0 unspecified atom stereocenters. The van der Waals surface area contributed by atoms with Crippen LogP contribution in [0, 0.1) is 5.41 Å². The number of hydrogen-bond acceptors (Lipinski definition) is 2. The van der Waals surface area contributed by atoms with Gasteiger partial charge in [0.25, 0.3) is 0 Å². The van der Waals surface area contributed by atoms with E-state index in [4.69, 9.17) is 0 Å². The first-order valence-electron chi connectivity index (χ1n) is 4.62. The molecule has 0 amide bonds. The van der Waals surface area contributed by atoms with Crippen molar-refractivity contribution in [2.75, 3.05) is 32.0 Å². The van der Waals surface area contributed by atoms with Crippen LogP contribution >= 0.6 is 7.80 Å². The molecule has 0 aromatic rings. The van der Waals surface area contributed by atoms with E-state index in [1.165, 1.54) is 0 Å². The minimum atomic E-state index is -0.852. The second-order valence-electron chi connectivity index (χ2n) is 4.77. The standard InChI is InChI=1S/C9H19NOP/c1-9(2,3)8-10-4-6-12(11)7-5-10/h4-8H2,1-3H3/q+1. The minimum absolute atomic E-state index is 0.378. The van der Waals surface area contributed by atoms with E-state index in [0.717, 1.165) is 32.0 Å². The predicted molar refractivity (Wildman–Crippen MR) is 53.2 cm³/mol. The first-order chi connectivity index (χ1) is 5.47. The Bertz CT molecular complexity index is 164. The molecule has 1 fully saturated rings. The fraction of sp³-hybridized carbons (Fsp3) is 1.00. The van der Waals surface area contributed by atoms with Crippen LogP contribution < -0.4 is 0 Å². The van der Waals surface area contributed by atoms with Gasteiger partial charge in [0.05, 0.1) is 0 Å². The van der Waals surface area contributed by atoms with Crippen LogP contribution in [0.5, 0.6) is 0 Å². The molecule has 70 valence electrons. The average molecular weight is 188 g/mol. The monoisotopic (exact) mass is 188 g/mol. The zero-order valence-electron chi connectivity index (χ0n) is 8.34. The zero-order valence-corrected chi connectivity index (χ0v) is 9.23. The highest BCUT2D eigenvalue weighted by Gasteiger charge is 2.27. The van der Waals surface area contributed by atoms with E-state index in [2.05, 4.69) is 25.7 Å². The lowest BCUT2D eigenvalue weighted by atomic mass is 9.96. The van der Waals surface area contributed by atoms with Crippen molar-refractivity contribution in [3.8, 4) is 0 Å². The van der Waals surface area contributed by atoms with Crippen LogP contribution in [-0.4, -0.2) is 36.9 Å². The molecule has 0 bridgehead atoms. The molecule has 1 aliphatic rings. The van der Waals surface area contributed by atoms with Crippen LogP contribution in [0.2, 0.25) is 0 Å². The van der Waals surface area contributed by atoms with Gasteiger partial charge < -0.3 is 0 Å². The fourth-order valence-corrected chi connectivity index (χ4v) is 2.79. The lowest BCUT2D eigenvalue weighted by Crippen LogP contribution is -2.38. The van der Waals surface area contributed by atoms with Gasteiger partial charge in [-0.05, 0) is 5.41 Å². The molecular weight excluding hydrogens is 169 g/mol. The molecule has 1 heterocycles. The fourth-order valence-electron chi connectivity index (χ4n) is 1.56. The number of nitrogens with zero attached hydrogens (tertiary/aromatic N) is 1. The molecule has 2 nitrogen and oxygen atoms in total. The summed E-state index contributed by atoms with van der Waals surface area (Å²) in [5, 5.41) is 0. The highest BCUT2D eigenvalue weighted by atomic mass is 31.1. The van der Waals surface area contributed by atoms with E-state index in [9.17, 15) is 4.57 Å². The Morgan fingerprint density at radius 3 is 2.17 bits per heavy atom. The third-order valence-electron chi connectivity index (χ3n) is 2.03. The van der Waals surface area contributed by atoms with E-state index in [1.54, 1.807) is 0 Å². The smallest absolute Gasteiger partial charge is 0.294 e. The summed E-state index contributed by atoms with van der Waals surface area (Å²) in [7, 11) is -0.852. The molecule has 0 aliphatic carbocycles. The topological polar surface area (TPSA) is 20.3 Å². The van der Waals surface area contributed by atoms with Gasteiger partial charge in [-0.2, -0.15) is 0 Å². The lowest BCUT2D eigenvalue weighted by molar-refractivity contribution is 0.205. The number of rotatable bonds is 1. The van der Waals surface area contributed by atoms with Crippen molar-refractivity contribution in [1.82, 2.24) is 4.90 Å². The maximum atomic E-state index is 11.1. The Balaban J connectivity index is 2.31. The van der Waals surface area contributed by atoms with Crippen LogP contribution in [0.15, 0.2) is 0 Å². The molecule has 1 rings (SSSR count). The summed E-state index contributed by atoms with van der Waals surface area (Å²) in [5.74, 6) is 0. The summed E-state index contributed by atoms with van der Waals surface area (Å²) in [6.07, 6.45) is 1.82. The molecule has 0 atom stereocenters. The summed E-state index contributed by atoms with van der Waals surface area (Å²) < 4.78 is 11.1. The third kappa shape index (κ3) is 3.64. The van der Waals surface area contributed by atoms with Crippen molar-refractivity contribution >= 4 is 7.80 Å². The van der Waals surface area contributed by atoms with E-state index in [0.29, 0.717) is 5.41 Å². The van der Waals surface area contributed by atoms with Crippen LogP contribution in [0.25, 0.3) is 0 Å². The van der Waals surface area contributed by atoms with Gasteiger partial charge in [-0.3, -0.25) is 4.90 Å². The van der Waals surface area contributed by atoms with E-state index in [1.807, 2.05) is 0 Å². The van der Waals surface area contributed by atoms with E-state index >= 15 is 0 Å². The summed E-state index contributed by atoms with van der Waals surface area (Å²) in [6, 6.07) is 0. The normalized spacial score (nSPS) is 21.4. The van der Waals surface area contributed by atoms with Gasteiger partial charge >= 0.3 is 7.80 Å². The van der Waals surface area contributed by atoms with E-state index < -0.39 is 7.80 Å². The summed E-state index contributed by atoms with van der Waals surface area (Å²) in [4.78, 5) is 2.43. The molecule has 0 N–H and O–H groups in total. The molecule has 0 aromatic heterocycles. The van der Waals surface area contributed by atoms with Crippen LogP contribution in [0.3, 0.4) is 0 Å². The largest absolute Gasteiger partial charge is 0.341 e. The highest BCUT2D eigenvalue weighted by molar-refractivity contribution is 7.44. The number of hydrogen-bond donors (Lipinski definition) is 0. The highest BCUT2D eigenvalue weighted by Crippen LogP contribution is 2.26. The maximum Gasteiger partial charge on any atom is 0.341 e. The predicted octanol–water partition coefficient (Wildman–Crippen LogP) is 2.18. The van der Waals surface area contributed by atoms with Crippen LogP contribution in [-0.2, 0) is 4.57 Å². The summed E-state index contributed by atoms with van der Waals surface area (Å²) in [5.41, 5.74) is 0.378. The molecule has 0 saturated carbocycles. The van der Waals surface area contributed by atoms with Gasteiger partial charge in [0.1, 0.15) is 0 Å². The summed E-state index contributed by atoms with van der Waals surface area (Å²) >= 11 is 0. The molecule has 0 spiro atoms. The van der Waals surface area contributed by atoms with Crippen molar-refractivity contribution < 1.29 is 4.57 Å². The molecule has 3 heteroatoms. The molecule has 0 radical (unpaired) electrons. The van der Waals surface area contributed by atoms with E-state index in [-0.39, 0.29) is 0 Å². The summed E-state index contributed by atoms with van der Waals surface area (Å²) in [6.45, 7) is 9.96. The molecule has 1 aliphatic heterocycles. The Kier molecular flexibility index (Phi) is 3.25. The second kappa shape index (κ2) is 3.85. The maximum absolute atomic E-state index is 11.1.